The number of piperazine rings is 1. The summed E-state index contributed by atoms with van der Waals surface area (Å²) in [4.78, 5) is 43.1. The second kappa shape index (κ2) is 8.33. The molecule has 0 radical (unpaired) electrons. The molecule has 8 heteroatoms. The first-order chi connectivity index (χ1) is 13.4. The van der Waals surface area contributed by atoms with Gasteiger partial charge in [-0.2, -0.15) is 0 Å². The summed E-state index contributed by atoms with van der Waals surface area (Å²) < 4.78 is 0. The van der Waals surface area contributed by atoms with Gasteiger partial charge in [0.1, 0.15) is 6.04 Å². The van der Waals surface area contributed by atoms with Crippen molar-refractivity contribution in [1.29, 1.82) is 0 Å². The molecule has 1 aliphatic heterocycles. The highest BCUT2D eigenvalue weighted by molar-refractivity contribution is 6.06. The van der Waals surface area contributed by atoms with Crippen LogP contribution < -0.4 is 5.32 Å². The molecular formula is C20H26N4O4. The van der Waals surface area contributed by atoms with Crippen molar-refractivity contribution in [3.8, 4) is 0 Å². The van der Waals surface area contributed by atoms with Crippen molar-refractivity contribution in [1.82, 2.24) is 20.1 Å². The molecule has 1 aromatic heterocycles. The number of nitrogens with one attached hydrogen (secondary N) is 2. The van der Waals surface area contributed by atoms with Crippen LogP contribution in [0.1, 0.15) is 30.6 Å². The maximum absolute atomic E-state index is 12.9. The number of H-pyrrole nitrogens is 1. The van der Waals surface area contributed by atoms with E-state index in [1.165, 1.54) is 0 Å². The van der Waals surface area contributed by atoms with E-state index in [9.17, 15) is 19.5 Å². The molecule has 3 amide bonds. The minimum absolute atomic E-state index is 0.0690. The number of benzene rings is 1. The summed E-state index contributed by atoms with van der Waals surface area (Å²) in [7, 11) is 0. The minimum Gasteiger partial charge on any atom is -0.480 e. The van der Waals surface area contributed by atoms with Crippen molar-refractivity contribution in [3.63, 3.8) is 0 Å². The lowest BCUT2D eigenvalue weighted by molar-refractivity contribution is -0.140. The molecule has 0 unspecified atom stereocenters. The molecule has 0 aliphatic carbocycles. The molecule has 2 aromatic rings. The van der Waals surface area contributed by atoms with Gasteiger partial charge >= 0.3 is 12.0 Å². The van der Waals surface area contributed by atoms with Crippen LogP contribution in [0.25, 0.3) is 10.9 Å². The maximum Gasteiger partial charge on any atom is 0.326 e. The van der Waals surface area contributed by atoms with E-state index in [1.54, 1.807) is 22.9 Å². The molecule has 2 heterocycles. The van der Waals surface area contributed by atoms with Crippen molar-refractivity contribution < 1.29 is 19.5 Å². The number of hydrogen-bond donors (Lipinski definition) is 3. The summed E-state index contributed by atoms with van der Waals surface area (Å²) >= 11 is 0. The minimum atomic E-state index is -1.03. The lowest BCUT2D eigenvalue weighted by Crippen LogP contribution is -2.56. The molecule has 0 bridgehead atoms. The first-order valence-corrected chi connectivity index (χ1v) is 9.56. The lowest BCUT2D eigenvalue weighted by Gasteiger charge is -2.35. The molecule has 150 valence electrons. The van der Waals surface area contributed by atoms with Crippen molar-refractivity contribution >= 4 is 28.8 Å². The van der Waals surface area contributed by atoms with Crippen LogP contribution in [0.15, 0.2) is 30.5 Å². The fraction of sp³-hybridized carbons (Fsp3) is 0.450. The van der Waals surface area contributed by atoms with E-state index in [1.807, 2.05) is 31.2 Å². The number of carbonyl (C=O) groups is 3. The van der Waals surface area contributed by atoms with E-state index in [4.69, 9.17) is 0 Å². The zero-order chi connectivity index (χ0) is 20.3. The highest BCUT2D eigenvalue weighted by Crippen LogP contribution is 2.20. The third-order valence-electron chi connectivity index (χ3n) is 5.43. The summed E-state index contributed by atoms with van der Waals surface area (Å²) in [5.41, 5.74) is 1.53. The summed E-state index contributed by atoms with van der Waals surface area (Å²) in [5.74, 6) is -1.26. The van der Waals surface area contributed by atoms with E-state index >= 15 is 0 Å². The number of aliphatic carboxylic acids is 1. The highest BCUT2D eigenvalue weighted by Gasteiger charge is 2.30. The van der Waals surface area contributed by atoms with E-state index in [0.29, 0.717) is 38.2 Å². The van der Waals surface area contributed by atoms with E-state index in [0.717, 1.165) is 10.9 Å². The Balaban J connectivity index is 1.60. The van der Waals surface area contributed by atoms with E-state index in [-0.39, 0.29) is 11.8 Å². The molecule has 3 rings (SSSR count). The topological polar surface area (TPSA) is 106 Å². The molecule has 8 nitrogen and oxygen atoms in total. The lowest BCUT2D eigenvalue weighted by atomic mass is 9.99. The molecular weight excluding hydrogens is 360 g/mol. The fourth-order valence-electron chi connectivity index (χ4n) is 3.44. The average molecular weight is 386 g/mol. The monoisotopic (exact) mass is 386 g/mol. The van der Waals surface area contributed by atoms with Crippen LogP contribution in [0, 0.1) is 5.92 Å². The van der Waals surface area contributed by atoms with Crippen LogP contribution >= 0.6 is 0 Å². The number of carbonyl (C=O) groups excluding carboxylic acids is 2. The van der Waals surface area contributed by atoms with Gasteiger partial charge in [-0.1, -0.05) is 38.5 Å². The number of aromatic nitrogens is 1. The Kier molecular flexibility index (Phi) is 5.87. The second-order valence-electron chi connectivity index (χ2n) is 7.18. The SMILES string of the molecule is CC[C@H](C)[C@@H](NC(=O)N1CCN(C(=O)c2c[nH]c3ccccc23)CC1)C(=O)O. The van der Waals surface area contributed by atoms with Crippen LogP contribution in [0.3, 0.4) is 0 Å². The highest BCUT2D eigenvalue weighted by atomic mass is 16.4. The summed E-state index contributed by atoms with van der Waals surface area (Å²) in [6.45, 7) is 5.25. The zero-order valence-corrected chi connectivity index (χ0v) is 16.1. The fourth-order valence-corrected chi connectivity index (χ4v) is 3.44. The van der Waals surface area contributed by atoms with Gasteiger partial charge in [0.15, 0.2) is 0 Å². The molecule has 2 atom stereocenters. The Morgan fingerprint density at radius 1 is 1.14 bits per heavy atom. The second-order valence-corrected chi connectivity index (χ2v) is 7.18. The van der Waals surface area contributed by atoms with Crippen LogP contribution in [-0.4, -0.2) is 70.0 Å². The predicted octanol–water partition coefficient (Wildman–Crippen LogP) is 2.13. The Labute approximate surface area is 163 Å². The number of fused-ring (bicyclic) bond motifs is 1. The third kappa shape index (κ3) is 3.95. The molecule has 1 aromatic carbocycles. The van der Waals surface area contributed by atoms with Crippen LogP contribution in [0.4, 0.5) is 4.79 Å². The smallest absolute Gasteiger partial charge is 0.326 e. The van der Waals surface area contributed by atoms with Gasteiger partial charge in [0.2, 0.25) is 0 Å². The number of carboxylic acids is 1. The average Bonchev–Trinajstić information content (AvgIpc) is 3.14. The molecule has 1 saturated heterocycles. The number of carboxylic acid groups (broad SMARTS) is 1. The molecule has 1 fully saturated rings. The number of amides is 3. The van der Waals surface area contributed by atoms with Crippen LogP contribution in [0.2, 0.25) is 0 Å². The molecule has 1 aliphatic rings. The normalized spacial score (nSPS) is 16.6. The van der Waals surface area contributed by atoms with Gasteiger partial charge in [0.05, 0.1) is 5.56 Å². The van der Waals surface area contributed by atoms with Gasteiger partial charge in [-0.3, -0.25) is 4.79 Å². The number of rotatable bonds is 5. The first kappa shape index (κ1) is 19.7. The standard InChI is InChI=1S/C20H26N4O4/c1-3-13(2)17(19(26)27)22-20(28)24-10-8-23(9-11-24)18(25)15-12-21-16-7-5-4-6-14(15)16/h4-7,12-13,17,21H,3,8-11H2,1-2H3,(H,22,28)(H,26,27)/t13-,17+/m0/s1. The van der Waals surface area contributed by atoms with Crippen molar-refractivity contribution in [3.05, 3.63) is 36.0 Å². The largest absolute Gasteiger partial charge is 0.480 e. The van der Waals surface area contributed by atoms with E-state index < -0.39 is 18.0 Å². The Hall–Kier alpha value is -3.03. The maximum atomic E-state index is 12.9. The van der Waals surface area contributed by atoms with Gasteiger partial charge < -0.3 is 25.2 Å². The van der Waals surface area contributed by atoms with Gasteiger partial charge in [-0.05, 0) is 12.0 Å². The number of hydrogen-bond acceptors (Lipinski definition) is 3. The molecule has 28 heavy (non-hydrogen) atoms. The number of aromatic amines is 1. The number of para-hydroxylation sites is 1. The quantitative estimate of drug-likeness (QED) is 0.732. The molecule has 0 spiro atoms. The van der Waals surface area contributed by atoms with Crippen molar-refractivity contribution in [2.45, 2.75) is 26.3 Å². The summed E-state index contributed by atoms with van der Waals surface area (Å²) in [6.07, 6.45) is 2.37. The van der Waals surface area contributed by atoms with Crippen LogP contribution in [0.5, 0.6) is 0 Å². The Morgan fingerprint density at radius 3 is 2.43 bits per heavy atom. The third-order valence-corrected chi connectivity index (χ3v) is 5.43. The summed E-state index contributed by atoms with van der Waals surface area (Å²) in [5, 5.41) is 12.8. The van der Waals surface area contributed by atoms with Crippen molar-refractivity contribution in [2.75, 3.05) is 26.2 Å². The Bertz CT molecular complexity index is 870. The first-order valence-electron chi connectivity index (χ1n) is 9.56. The van der Waals surface area contributed by atoms with Crippen LogP contribution in [-0.2, 0) is 4.79 Å². The summed E-state index contributed by atoms with van der Waals surface area (Å²) in [6, 6.07) is 6.32. The van der Waals surface area contributed by atoms with E-state index in [2.05, 4.69) is 10.3 Å². The van der Waals surface area contributed by atoms with Crippen molar-refractivity contribution in [2.24, 2.45) is 5.92 Å². The van der Waals surface area contributed by atoms with Gasteiger partial charge in [-0.15, -0.1) is 0 Å². The van der Waals surface area contributed by atoms with Gasteiger partial charge in [-0.25, -0.2) is 9.59 Å². The predicted molar refractivity (Wildman–Crippen MR) is 105 cm³/mol. The van der Waals surface area contributed by atoms with Gasteiger partial charge in [0, 0.05) is 43.3 Å². The molecule has 3 N–H and O–H groups in total. The number of nitrogens with zero attached hydrogens (tertiary/aromatic N) is 2. The molecule has 0 saturated carbocycles. The Morgan fingerprint density at radius 2 is 1.79 bits per heavy atom. The van der Waals surface area contributed by atoms with Gasteiger partial charge in [0.25, 0.3) is 5.91 Å². The number of urea groups is 1. The zero-order valence-electron chi connectivity index (χ0n) is 16.1.